The van der Waals surface area contributed by atoms with E-state index >= 15 is 0 Å². The number of hydrogen-bond donors (Lipinski definition) is 2. The molecular weight excluding hydrogens is 162 g/mol. The highest BCUT2D eigenvalue weighted by atomic mass is 16.3. The van der Waals surface area contributed by atoms with Crippen molar-refractivity contribution in [3.05, 3.63) is 34.9 Å². The van der Waals surface area contributed by atoms with E-state index in [1.54, 1.807) is 0 Å². The summed E-state index contributed by atoms with van der Waals surface area (Å²) >= 11 is 0. The van der Waals surface area contributed by atoms with E-state index in [0.717, 1.165) is 6.42 Å². The first-order valence-corrected chi connectivity index (χ1v) is 4.56. The number of benzene rings is 1. The maximum atomic E-state index is 8.82. The van der Waals surface area contributed by atoms with Crippen LogP contribution in [0.1, 0.15) is 16.7 Å². The van der Waals surface area contributed by atoms with Crippen molar-refractivity contribution in [1.29, 1.82) is 0 Å². The number of aryl methyl sites for hydroxylation is 2. The van der Waals surface area contributed by atoms with Crippen molar-refractivity contribution in [3.8, 4) is 0 Å². The molecule has 1 unspecified atom stereocenters. The van der Waals surface area contributed by atoms with Gasteiger partial charge in [0, 0.05) is 6.04 Å². The Morgan fingerprint density at radius 1 is 1.38 bits per heavy atom. The summed E-state index contributed by atoms with van der Waals surface area (Å²) in [5.41, 5.74) is 9.41. The third-order valence-corrected chi connectivity index (χ3v) is 2.21. The van der Waals surface area contributed by atoms with Gasteiger partial charge in [0.15, 0.2) is 0 Å². The van der Waals surface area contributed by atoms with Crippen LogP contribution in [0.4, 0.5) is 0 Å². The zero-order valence-electron chi connectivity index (χ0n) is 8.25. The van der Waals surface area contributed by atoms with Crippen LogP contribution in [0.2, 0.25) is 0 Å². The minimum atomic E-state index is -0.138. The molecule has 0 aromatic heterocycles. The van der Waals surface area contributed by atoms with Gasteiger partial charge in [-0.2, -0.15) is 0 Å². The van der Waals surface area contributed by atoms with Crippen LogP contribution >= 0.6 is 0 Å². The fourth-order valence-electron chi connectivity index (χ4n) is 1.42. The van der Waals surface area contributed by atoms with Crippen molar-refractivity contribution in [2.24, 2.45) is 5.73 Å². The lowest BCUT2D eigenvalue weighted by Crippen LogP contribution is -2.27. The van der Waals surface area contributed by atoms with Gasteiger partial charge in [-0.15, -0.1) is 0 Å². The normalized spacial score (nSPS) is 12.9. The predicted molar refractivity (Wildman–Crippen MR) is 54.7 cm³/mol. The monoisotopic (exact) mass is 179 g/mol. The van der Waals surface area contributed by atoms with Gasteiger partial charge in [0.05, 0.1) is 6.61 Å². The van der Waals surface area contributed by atoms with Crippen LogP contribution in [0.5, 0.6) is 0 Å². The molecule has 0 fully saturated rings. The second-order valence-electron chi connectivity index (χ2n) is 3.58. The number of nitrogens with two attached hydrogens (primary N) is 1. The fourth-order valence-corrected chi connectivity index (χ4v) is 1.42. The van der Waals surface area contributed by atoms with E-state index in [9.17, 15) is 0 Å². The standard InChI is InChI=1S/C11H17NO/c1-8-3-4-10(9(2)5-8)6-11(12)7-13/h3-5,11,13H,6-7,12H2,1-2H3. The molecule has 0 radical (unpaired) electrons. The molecule has 0 aliphatic heterocycles. The Bertz CT molecular complexity index is 283. The van der Waals surface area contributed by atoms with Crippen LogP contribution in [0.25, 0.3) is 0 Å². The van der Waals surface area contributed by atoms with Crippen molar-refractivity contribution < 1.29 is 5.11 Å². The molecule has 1 rings (SSSR count). The Labute approximate surface area is 79.4 Å². The van der Waals surface area contributed by atoms with Gasteiger partial charge in [0.25, 0.3) is 0 Å². The average molecular weight is 179 g/mol. The first-order chi connectivity index (χ1) is 6.13. The van der Waals surface area contributed by atoms with Crippen molar-refractivity contribution in [3.63, 3.8) is 0 Å². The minimum Gasteiger partial charge on any atom is -0.395 e. The SMILES string of the molecule is Cc1ccc(CC(N)CO)c(C)c1. The van der Waals surface area contributed by atoms with E-state index in [-0.39, 0.29) is 12.6 Å². The van der Waals surface area contributed by atoms with Crippen molar-refractivity contribution >= 4 is 0 Å². The topological polar surface area (TPSA) is 46.2 Å². The molecule has 2 heteroatoms. The van der Waals surface area contributed by atoms with Crippen LogP contribution in [-0.2, 0) is 6.42 Å². The molecule has 0 saturated carbocycles. The van der Waals surface area contributed by atoms with Crippen molar-refractivity contribution in [2.45, 2.75) is 26.3 Å². The van der Waals surface area contributed by atoms with Crippen LogP contribution in [0.15, 0.2) is 18.2 Å². The second kappa shape index (κ2) is 4.40. The molecule has 0 heterocycles. The summed E-state index contributed by atoms with van der Waals surface area (Å²) in [5, 5.41) is 8.82. The highest BCUT2D eigenvalue weighted by Crippen LogP contribution is 2.11. The maximum absolute atomic E-state index is 8.82. The first kappa shape index (κ1) is 10.2. The van der Waals surface area contributed by atoms with Crippen LogP contribution < -0.4 is 5.73 Å². The summed E-state index contributed by atoms with van der Waals surface area (Å²) in [4.78, 5) is 0. The Morgan fingerprint density at radius 3 is 2.62 bits per heavy atom. The number of aliphatic hydroxyl groups is 1. The van der Waals surface area contributed by atoms with Gasteiger partial charge >= 0.3 is 0 Å². The molecule has 1 aromatic carbocycles. The molecule has 2 nitrogen and oxygen atoms in total. The van der Waals surface area contributed by atoms with Gasteiger partial charge in [-0.3, -0.25) is 0 Å². The van der Waals surface area contributed by atoms with E-state index in [0.29, 0.717) is 0 Å². The molecule has 3 N–H and O–H groups in total. The molecule has 0 aliphatic carbocycles. The van der Waals surface area contributed by atoms with E-state index in [4.69, 9.17) is 10.8 Å². The van der Waals surface area contributed by atoms with E-state index in [1.807, 2.05) is 0 Å². The largest absolute Gasteiger partial charge is 0.395 e. The quantitative estimate of drug-likeness (QED) is 0.731. The molecule has 0 saturated heterocycles. The summed E-state index contributed by atoms with van der Waals surface area (Å²) < 4.78 is 0. The zero-order valence-corrected chi connectivity index (χ0v) is 8.25. The molecular formula is C11H17NO. The Morgan fingerprint density at radius 2 is 2.08 bits per heavy atom. The average Bonchev–Trinajstić information content (AvgIpc) is 2.09. The van der Waals surface area contributed by atoms with Gasteiger partial charge in [0.2, 0.25) is 0 Å². The van der Waals surface area contributed by atoms with Crippen LogP contribution in [0.3, 0.4) is 0 Å². The third kappa shape index (κ3) is 2.83. The maximum Gasteiger partial charge on any atom is 0.0585 e. The summed E-state index contributed by atoms with van der Waals surface area (Å²) in [6, 6.07) is 6.16. The molecule has 0 amide bonds. The Kier molecular flexibility index (Phi) is 3.46. The minimum absolute atomic E-state index is 0.0489. The summed E-state index contributed by atoms with van der Waals surface area (Å²) in [6.07, 6.45) is 0.753. The summed E-state index contributed by atoms with van der Waals surface area (Å²) in [5.74, 6) is 0. The van der Waals surface area contributed by atoms with Gasteiger partial charge < -0.3 is 10.8 Å². The lowest BCUT2D eigenvalue weighted by Gasteiger charge is -2.10. The van der Waals surface area contributed by atoms with Crippen molar-refractivity contribution in [1.82, 2.24) is 0 Å². The smallest absolute Gasteiger partial charge is 0.0585 e. The van der Waals surface area contributed by atoms with E-state index in [2.05, 4.69) is 32.0 Å². The third-order valence-electron chi connectivity index (χ3n) is 2.21. The Balaban J connectivity index is 2.77. The zero-order chi connectivity index (χ0) is 9.84. The predicted octanol–water partition coefficient (Wildman–Crippen LogP) is 1.17. The molecule has 0 bridgehead atoms. The van der Waals surface area contributed by atoms with Crippen molar-refractivity contribution in [2.75, 3.05) is 6.61 Å². The highest BCUT2D eigenvalue weighted by molar-refractivity contribution is 5.30. The van der Waals surface area contributed by atoms with E-state index < -0.39 is 0 Å². The summed E-state index contributed by atoms with van der Waals surface area (Å²) in [6.45, 7) is 4.20. The van der Waals surface area contributed by atoms with Gasteiger partial charge in [0.1, 0.15) is 0 Å². The molecule has 72 valence electrons. The lowest BCUT2D eigenvalue weighted by atomic mass is 10.00. The summed E-state index contributed by atoms with van der Waals surface area (Å²) in [7, 11) is 0. The van der Waals surface area contributed by atoms with Crippen LogP contribution in [0, 0.1) is 13.8 Å². The molecule has 13 heavy (non-hydrogen) atoms. The van der Waals surface area contributed by atoms with Gasteiger partial charge in [-0.1, -0.05) is 23.8 Å². The Hall–Kier alpha value is -0.860. The number of rotatable bonds is 3. The first-order valence-electron chi connectivity index (χ1n) is 4.56. The lowest BCUT2D eigenvalue weighted by molar-refractivity contribution is 0.265. The molecule has 0 aliphatic rings. The van der Waals surface area contributed by atoms with Gasteiger partial charge in [-0.25, -0.2) is 0 Å². The van der Waals surface area contributed by atoms with E-state index in [1.165, 1.54) is 16.7 Å². The van der Waals surface area contributed by atoms with Crippen LogP contribution in [-0.4, -0.2) is 17.8 Å². The molecule has 0 spiro atoms. The second-order valence-corrected chi connectivity index (χ2v) is 3.58. The molecule has 1 atom stereocenters. The number of aliphatic hydroxyl groups excluding tert-OH is 1. The fraction of sp³-hybridized carbons (Fsp3) is 0.455. The molecule has 1 aromatic rings. The number of hydrogen-bond acceptors (Lipinski definition) is 2. The van der Waals surface area contributed by atoms with Gasteiger partial charge in [-0.05, 0) is 31.4 Å². The highest BCUT2D eigenvalue weighted by Gasteiger charge is 2.04.